The number of alkyl halides is 1. The van der Waals surface area contributed by atoms with Crippen LogP contribution in [0.25, 0.3) is 0 Å². The average Bonchev–Trinajstić information content (AvgIpc) is 1.82. The summed E-state index contributed by atoms with van der Waals surface area (Å²) < 4.78 is 9.26. The Kier molecular flexibility index (Phi) is 5.39. The molecule has 3 nitrogen and oxygen atoms in total. The van der Waals surface area contributed by atoms with E-state index in [0.29, 0.717) is 11.9 Å². The van der Waals surface area contributed by atoms with Crippen molar-refractivity contribution >= 4 is 22.1 Å². The molecule has 0 aliphatic carbocycles. The Morgan fingerprint density at radius 1 is 1.60 bits per heavy atom. The molecule has 0 atom stereocenters. The van der Waals surface area contributed by atoms with Gasteiger partial charge in [-0.3, -0.25) is 0 Å². The van der Waals surface area contributed by atoms with Gasteiger partial charge in [-0.1, -0.05) is 15.9 Å². The highest BCUT2D eigenvalue weighted by molar-refractivity contribution is 9.09. The highest BCUT2D eigenvalue weighted by Gasteiger charge is 2.04. The summed E-state index contributed by atoms with van der Waals surface area (Å²) in [6.45, 7) is 3.90. The minimum Gasteiger partial charge on any atom is -0.433 e. The third-order valence-electron chi connectivity index (χ3n) is 0.629. The zero-order valence-electron chi connectivity index (χ0n) is 6.09. The minimum absolute atomic E-state index is 0.108. The van der Waals surface area contributed by atoms with Gasteiger partial charge in [0.05, 0.1) is 6.10 Å². The summed E-state index contributed by atoms with van der Waals surface area (Å²) in [5.74, 6) is 0. The number of carbonyl (C=O) groups excluding carboxylic acids is 1. The monoisotopic (exact) mass is 210 g/mol. The summed E-state index contributed by atoms with van der Waals surface area (Å²) in [5.41, 5.74) is 0. The molecule has 0 aliphatic heterocycles. The molecule has 0 fully saturated rings. The smallest absolute Gasteiger partial charge is 0.433 e. The predicted molar refractivity (Wildman–Crippen MR) is 41.4 cm³/mol. The van der Waals surface area contributed by atoms with Gasteiger partial charge in [0.15, 0.2) is 0 Å². The Hall–Kier alpha value is -0.250. The summed E-state index contributed by atoms with van der Waals surface area (Å²) >= 11 is 3.11. The number of hydrogen-bond acceptors (Lipinski definition) is 3. The van der Waals surface area contributed by atoms with Crippen LogP contribution in [0.4, 0.5) is 4.79 Å². The first-order valence-corrected chi connectivity index (χ1v) is 4.18. The van der Waals surface area contributed by atoms with E-state index in [4.69, 9.17) is 0 Å². The molecule has 0 saturated carbocycles. The van der Waals surface area contributed by atoms with Gasteiger partial charge in [0, 0.05) is 5.33 Å². The lowest BCUT2D eigenvalue weighted by molar-refractivity contribution is 0.0386. The van der Waals surface area contributed by atoms with Crippen molar-refractivity contribution < 1.29 is 14.3 Å². The zero-order chi connectivity index (χ0) is 7.98. The molecule has 0 amide bonds. The van der Waals surface area contributed by atoms with E-state index in [1.165, 1.54) is 0 Å². The van der Waals surface area contributed by atoms with E-state index in [0.717, 1.165) is 0 Å². The lowest BCUT2D eigenvalue weighted by Crippen LogP contribution is -2.13. The highest BCUT2D eigenvalue weighted by atomic mass is 79.9. The van der Waals surface area contributed by atoms with Gasteiger partial charge in [-0.15, -0.1) is 0 Å². The van der Waals surface area contributed by atoms with Crippen molar-refractivity contribution in [2.45, 2.75) is 20.0 Å². The third kappa shape index (κ3) is 5.88. The Labute approximate surface area is 68.8 Å². The quantitative estimate of drug-likeness (QED) is 0.528. The van der Waals surface area contributed by atoms with Gasteiger partial charge in [0.1, 0.15) is 6.61 Å². The lowest BCUT2D eigenvalue weighted by atomic mass is 10.5. The Balaban J connectivity index is 3.26. The number of carbonyl (C=O) groups is 1. The van der Waals surface area contributed by atoms with E-state index in [2.05, 4.69) is 25.4 Å². The summed E-state index contributed by atoms with van der Waals surface area (Å²) in [6.07, 6.45) is -0.711. The van der Waals surface area contributed by atoms with Gasteiger partial charge in [-0.05, 0) is 13.8 Å². The zero-order valence-corrected chi connectivity index (χ0v) is 7.68. The number of hydrogen-bond donors (Lipinski definition) is 0. The van der Waals surface area contributed by atoms with Crippen LogP contribution in [-0.4, -0.2) is 24.2 Å². The van der Waals surface area contributed by atoms with Gasteiger partial charge in [-0.25, -0.2) is 4.79 Å². The molecular weight excluding hydrogens is 200 g/mol. The first-order chi connectivity index (χ1) is 4.66. The van der Waals surface area contributed by atoms with Crippen LogP contribution in [0.5, 0.6) is 0 Å². The van der Waals surface area contributed by atoms with Crippen molar-refractivity contribution in [2.75, 3.05) is 11.9 Å². The van der Waals surface area contributed by atoms with Crippen molar-refractivity contribution in [1.29, 1.82) is 0 Å². The molecule has 0 aromatic carbocycles. The molecule has 0 aliphatic rings. The third-order valence-corrected chi connectivity index (χ3v) is 0.953. The van der Waals surface area contributed by atoms with Crippen LogP contribution in [0.2, 0.25) is 0 Å². The van der Waals surface area contributed by atoms with Crippen molar-refractivity contribution in [2.24, 2.45) is 0 Å². The molecule has 0 spiro atoms. The number of rotatable bonds is 3. The van der Waals surface area contributed by atoms with Crippen molar-refractivity contribution in [3.8, 4) is 0 Å². The van der Waals surface area contributed by atoms with Gasteiger partial charge in [-0.2, -0.15) is 0 Å². The molecule has 60 valence electrons. The van der Waals surface area contributed by atoms with E-state index in [1.807, 2.05) is 0 Å². The van der Waals surface area contributed by atoms with Gasteiger partial charge in [0.25, 0.3) is 0 Å². The van der Waals surface area contributed by atoms with Crippen LogP contribution in [-0.2, 0) is 9.47 Å². The second-order valence-corrected chi connectivity index (χ2v) is 2.75. The molecule has 0 aromatic rings. The van der Waals surface area contributed by atoms with Crippen molar-refractivity contribution in [1.82, 2.24) is 0 Å². The fourth-order valence-electron chi connectivity index (χ4n) is 0.348. The van der Waals surface area contributed by atoms with Gasteiger partial charge in [0.2, 0.25) is 0 Å². The summed E-state index contributed by atoms with van der Waals surface area (Å²) in [7, 11) is 0. The van der Waals surface area contributed by atoms with E-state index in [9.17, 15) is 4.79 Å². The average molecular weight is 211 g/mol. The highest BCUT2D eigenvalue weighted by Crippen LogP contribution is 1.92. The van der Waals surface area contributed by atoms with E-state index >= 15 is 0 Å². The predicted octanol–water partition coefficient (Wildman–Crippen LogP) is 1.94. The van der Waals surface area contributed by atoms with Crippen LogP contribution >= 0.6 is 15.9 Å². The molecule has 0 N–H and O–H groups in total. The largest absolute Gasteiger partial charge is 0.508 e. The van der Waals surface area contributed by atoms with Gasteiger partial charge >= 0.3 is 6.16 Å². The normalized spacial score (nSPS) is 9.60. The van der Waals surface area contributed by atoms with Crippen molar-refractivity contribution in [3.05, 3.63) is 0 Å². The van der Waals surface area contributed by atoms with E-state index < -0.39 is 6.16 Å². The molecule has 0 radical (unpaired) electrons. The maximum atomic E-state index is 10.5. The first-order valence-electron chi connectivity index (χ1n) is 3.06. The van der Waals surface area contributed by atoms with Crippen LogP contribution in [0.1, 0.15) is 13.8 Å². The molecule has 10 heavy (non-hydrogen) atoms. The molecular formula is C6H11BrO3. The Morgan fingerprint density at radius 3 is 2.60 bits per heavy atom. The van der Waals surface area contributed by atoms with Crippen LogP contribution in [0.3, 0.4) is 0 Å². The standard InChI is InChI=1S/C6H11BrO3/c1-5(2)10-6(8)9-4-3-7/h5H,3-4H2,1-2H3. The van der Waals surface area contributed by atoms with Crippen LogP contribution in [0, 0.1) is 0 Å². The maximum absolute atomic E-state index is 10.5. The minimum atomic E-state index is -0.602. The summed E-state index contributed by atoms with van der Waals surface area (Å²) in [4.78, 5) is 10.5. The Morgan fingerprint density at radius 2 is 2.20 bits per heavy atom. The fourth-order valence-corrected chi connectivity index (χ4v) is 0.510. The second kappa shape index (κ2) is 5.53. The van der Waals surface area contributed by atoms with E-state index in [-0.39, 0.29) is 6.10 Å². The van der Waals surface area contributed by atoms with Crippen molar-refractivity contribution in [3.63, 3.8) is 0 Å². The molecule has 0 heterocycles. The number of halogens is 1. The van der Waals surface area contributed by atoms with Crippen LogP contribution < -0.4 is 0 Å². The van der Waals surface area contributed by atoms with Gasteiger partial charge < -0.3 is 9.47 Å². The Bertz CT molecular complexity index is 103. The first kappa shape index (κ1) is 9.75. The molecule has 0 saturated heterocycles. The molecule has 4 heteroatoms. The SMILES string of the molecule is CC(C)OC(=O)OCCBr. The molecule has 0 bridgehead atoms. The molecule has 0 aromatic heterocycles. The summed E-state index contributed by atoms with van der Waals surface area (Å²) in [5, 5.41) is 0.639. The summed E-state index contributed by atoms with van der Waals surface area (Å²) in [6, 6.07) is 0. The molecule has 0 rings (SSSR count). The maximum Gasteiger partial charge on any atom is 0.508 e. The number of ether oxygens (including phenoxy) is 2. The lowest BCUT2D eigenvalue weighted by Gasteiger charge is -2.06. The topological polar surface area (TPSA) is 35.5 Å². The van der Waals surface area contributed by atoms with E-state index in [1.54, 1.807) is 13.8 Å². The van der Waals surface area contributed by atoms with Crippen LogP contribution in [0.15, 0.2) is 0 Å². The molecule has 0 unspecified atom stereocenters. The second-order valence-electron chi connectivity index (χ2n) is 1.95. The fraction of sp³-hybridized carbons (Fsp3) is 0.833.